The lowest BCUT2D eigenvalue weighted by Gasteiger charge is -2.13. The number of carbonyl (C=O) groups is 1. The van der Waals surface area contributed by atoms with Gasteiger partial charge in [-0.2, -0.15) is 0 Å². The van der Waals surface area contributed by atoms with Crippen molar-refractivity contribution in [3.05, 3.63) is 11.4 Å². The average Bonchev–Trinajstić information content (AvgIpc) is 2.70. The van der Waals surface area contributed by atoms with Crippen LogP contribution >= 0.6 is 0 Å². The van der Waals surface area contributed by atoms with Gasteiger partial charge in [-0.1, -0.05) is 5.21 Å². The van der Waals surface area contributed by atoms with E-state index in [0.29, 0.717) is 12.1 Å². The maximum atomic E-state index is 11.2. The largest absolute Gasteiger partial charge is 0.396 e. The number of amides is 1. The van der Waals surface area contributed by atoms with Gasteiger partial charge >= 0.3 is 0 Å². The topological polar surface area (TPSA) is 103 Å². The predicted octanol–water partition coefficient (Wildman–Crippen LogP) is -0.143. The summed E-state index contributed by atoms with van der Waals surface area (Å²) >= 11 is 0. The normalized spacial score (nSPS) is 12.6. The maximum Gasteiger partial charge on any atom is 0.271 e. The number of ether oxygens (including phenoxy) is 1. The molecule has 1 amide bonds. The molecular formula is C10H18N4O3. The summed E-state index contributed by atoms with van der Waals surface area (Å²) in [6, 6.07) is 0.0351. The Morgan fingerprint density at radius 3 is 2.88 bits per heavy atom. The lowest BCUT2D eigenvalue weighted by molar-refractivity contribution is 0.0989. The first-order chi connectivity index (χ1) is 8.11. The molecule has 7 heteroatoms. The molecule has 0 saturated heterocycles. The van der Waals surface area contributed by atoms with Crippen molar-refractivity contribution in [2.45, 2.75) is 32.4 Å². The first-order valence-electron chi connectivity index (χ1n) is 5.45. The van der Waals surface area contributed by atoms with Crippen LogP contribution in [0.2, 0.25) is 0 Å². The SMILES string of the molecule is COCc1c(C(N)=O)nnn1C(C)CCCO. The Morgan fingerprint density at radius 2 is 2.35 bits per heavy atom. The van der Waals surface area contributed by atoms with E-state index >= 15 is 0 Å². The molecule has 0 saturated carbocycles. The van der Waals surface area contributed by atoms with Gasteiger partial charge in [0.25, 0.3) is 5.91 Å². The number of hydrogen-bond donors (Lipinski definition) is 2. The van der Waals surface area contributed by atoms with Crippen molar-refractivity contribution in [2.75, 3.05) is 13.7 Å². The minimum absolute atomic E-state index is 0.0351. The first kappa shape index (κ1) is 13.6. The number of rotatable bonds is 7. The van der Waals surface area contributed by atoms with Gasteiger partial charge in [-0.05, 0) is 19.8 Å². The fourth-order valence-corrected chi connectivity index (χ4v) is 1.64. The molecule has 0 radical (unpaired) electrons. The molecule has 0 aliphatic heterocycles. The third-order valence-electron chi connectivity index (χ3n) is 2.50. The monoisotopic (exact) mass is 242 g/mol. The summed E-state index contributed by atoms with van der Waals surface area (Å²) in [6.45, 7) is 2.30. The lowest BCUT2D eigenvalue weighted by atomic mass is 10.2. The Labute approximate surface area is 99.6 Å². The summed E-state index contributed by atoms with van der Waals surface area (Å²) in [5, 5.41) is 16.5. The summed E-state index contributed by atoms with van der Waals surface area (Å²) < 4.78 is 6.64. The second kappa shape index (κ2) is 6.31. The van der Waals surface area contributed by atoms with E-state index in [0.717, 1.165) is 6.42 Å². The molecule has 7 nitrogen and oxygen atoms in total. The molecule has 1 atom stereocenters. The summed E-state index contributed by atoms with van der Waals surface area (Å²) in [4.78, 5) is 11.2. The second-order valence-corrected chi connectivity index (χ2v) is 3.84. The smallest absolute Gasteiger partial charge is 0.271 e. The fourth-order valence-electron chi connectivity index (χ4n) is 1.64. The molecule has 3 N–H and O–H groups in total. The number of primary amides is 1. The number of aliphatic hydroxyl groups is 1. The highest BCUT2D eigenvalue weighted by atomic mass is 16.5. The van der Waals surface area contributed by atoms with Crippen molar-refractivity contribution >= 4 is 5.91 Å². The Morgan fingerprint density at radius 1 is 1.65 bits per heavy atom. The molecule has 0 aliphatic carbocycles. The van der Waals surface area contributed by atoms with Gasteiger partial charge < -0.3 is 15.6 Å². The number of aliphatic hydroxyl groups excluding tert-OH is 1. The molecule has 17 heavy (non-hydrogen) atoms. The van der Waals surface area contributed by atoms with Crippen molar-refractivity contribution in [1.29, 1.82) is 0 Å². The van der Waals surface area contributed by atoms with Gasteiger partial charge in [-0.25, -0.2) is 4.68 Å². The predicted molar refractivity (Wildman–Crippen MR) is 60.3 cm³/mol. The van der Waals surface area contributed by atoms with E-state index < -0.39 is 5.91 Å². The van der Waals surface area contributed by atoms with Gasteiger partial charge in [0.15, 0.2) is 5.69 Å². The van der Waals surface area contributed by atoms with Crippen molar-refractivity contribution in [1.82, 2.24) is 15.0 Å². The van der Waals surface area contributed by atoms with Crippen molar-refractivity contribution in [3.63, 3.8) is 0 Å². The summed E-state index contributed by atoms with van der Waals surface area (Å²) in [5.41, 5.74) is 5.92. The van der Waals surface area contributed by atoms with Crippen LogP contribution in [0.1, 0.15) is 42.0 Å². The third-order valence-corrected chi connectivity index (χ3v) is 2.50. The summed E-state index contributed by atoms with van der Waals surface area (Å²) in [5.74, 6) is -0.613. The van der Waals surface area contributed by atoms with Crippen LogP contribution in [0.4, 0.5) is 0 Å². The van der Waals surface area contributed by atoms with Crippen LogP contribution in [-0.2, 0) is 11.3 Å². The van der Waals surface area contributed by atoms with E-state index in [9.17, 15) is 4.79 Å². The molecule has 1 aromatic heterocycles. The van der Waals surface area contributed by atoms with Crippen molar-refractivity contribution in [2.24, 2.45) is 5.73 Å². The molecule has 1 rings (SSSR count). The molecule has 0 aliphatic rings. The van der Waals surface area contributed by atoms with Gasteiger partial charge in [0.2, 0.25) is 0 Å². The second-order valence-electron chi connectivity index (χ2n) is 3.84. The Hall–Kier alpha value is -1.47. The summed E-state index contributed by atoms with van der Waals surface area (Å²) in [6.07, 6.45) is 1.41. The lowest BCUT2D eigenvalue weighted by Crippen LogP contribution is -2.17. The summed E-state index contributed by atoms with van der Waals surface area (Å²) in [7, 11) is 1.53. The standard InChI is InChI=1S/C10H18N4O3/c1-7(4-3-5-15)14-8(6-17-2)9(10(11)16)12-13-14/h7,15H,3-6H2,1-2H3,(H2,11,16). The first-order valence-corrected chi connectivity index (χ1v) is 5.45. The van der Waals surface area contributed by atoms with Crippen LogP contribution < -0.4 is 5.73 Å². The van der Waals surface area contributed by atoms with Crippen LogP contribution in [0.15, 0.2) is 0 Å². The molecule has 1 aromatic rings. The zero-order chi connectivity index (χ0) is 12.8. The molecule has 96 valence electrons. The minimum atomic E-state index is -0.613. The zero-order valence-electron chi connectivity index (χ0n) is 10.1. The number of aromatic nitrogens is 3. The van der Waals surface area contributed by atoms with Gasteiger partial charge in [0, 0.05) is 13.7 Å². The Bertz CT molecular complexity index is 378. The molecule has 0 spiro atoms. The number of nitrogens with zero attached hydrogens (tertiary/aromatic N) is 3. The fraction of sp³-hybridized carbons (Fsp3) is 0.700. The zero-order valence-corrected chi connectivity index (χ0v) is 10.1. The molecule has 0 fully saturated rings. The van der Waals surface area contributed by atoms with Gasteiger partial charge in [0.05, 0.1) is 18.3 Å². The molecule has 1 heterocycles. The highest BCUT2D eigenvalue weighted by molar-refractivity contribution is 5.91. The molecule has 0 bridgehead atoms. The quantitative estimate of drug-likeness (QED) is 0.692. The Balaban J connectivity index is 2.94. The van der Waals surface area contributed by atoms with Gasteiger partial charge in [-0.3, -0.25) is 4.79 Å². The highest BCUT2D eigenvalue weighted by Crippen LogP contribution is 2.17. The van der Waals surface area contributed by atoms with E-state index in [-0.39, 0.29) is 24.9 Å². The van der Waals surface area contributed by atoms with E-state index in [1.54, 1.807) is 4.68 Å². The highest BCUT2D eigenvalue weighted by Gasteiger charge is 2.20. The van der Waals surface area contributed by atoms with Crippen LogP contribution in [-0.4, -0.2) is 39.7 Å². The number of hydrogen-bond acceptors (Lipinski definition) is 5. The number of carbonyl (C=O) groups excluding carboxylic acids is 1. The van der Waals surface area contributed by atoms with Crippen molar-refractivity contribution < 1.29 is 14.6 Å². The van der Waals surface area contributed by atoms with E-state index in [1.165, 1.54) is 7.11 Å². The maximum absolute atomic E-state index is 11.2. The molecule has 1 unspecified atom stereocenters. The van der Waals surface area contributed by atoms with E-state index in [4.69, 9.17) is 15.6 Å². The molecular weight excluding hydrogens is 224 g/mol. The van der Waals surface area contributed by atoms with E-state index in [2.05, 4.69) is 10.3 Å². The van der Waals surface area contributed by atoms with Crippen LogP contribution in [0.5, 0.6) is 0 Å². The number of nitrogens with two attached hydrogens (primary N) is 1. The van der Waals surface area contributed by atoms with Crippen LogP contribution in [0.25, 0.3) is 0 Å². The molecule has 0 aromatic carbocycles. The van der Waals surface area contributed by atoms with E-state index in [1.807, 2.05) is 6.92 Å². The Kier molecular flexibility index (Phi) is 5.05. The van der Waals surface area contributed by atoms with Gasteiger partial charge in [-0.15, -0.1) is 5.10 Å². The van der Waals surface area contributed by atoms with Crippen molar-refractivity contribution in [3.8, 4) is 0 Å². The third kappa shape index (κ3) is 3.24. The van der Waals surface area contributed by atoms with Crippen LogP contribution in [0, 0.1) is 0 Å². The van der Waals surface area contributed by atoms with Crippen LogP contribution in [0.3, 0.4) is 0 Å². The average molecular weight is 242 g/mol. The minimum Gasteiger partial charge on any atom is -0.396 e. The van der Waals surface area contributed by atoms with Gasteiger partial charge in [0.1, 0.15) is 0 Å². The number of methoxy groups -OCH3 is 1.